The maximum atomic E-state index is 14.1. The van der Waals surface area contributed by atoms with Gasteiger partial charge in [0.2, 0.25) is 0 Å². The Hall–Kier alpha value is -3.36. The van der Waals surface area contributed by atoms with Crippen LogP contribution in [0.1, 0.15) is 11.1 Å². The second-order valence-electron chi connectivity index (χ2n) is 8.53. The minimum atomic E-state index is -6.65. The highest BCUT2D eigenvalue weighted by molar-refractivity contribution is 5.81. The third kappa shape index (κ3) is 8.42. The van der Waals surface area contributed by atoms with E-state index in [-0.39, 0.29) is 18.2 Å². The summed E-state index contributed by atoms with van der Waals surface area (Å²) in [6.07, 6.45) is -30.4. The van der Waals surface area contributed by atoms with E-state index in [0.717, 1.165) is 0 Å². The number of esters is 2. The van der Waals surface area contributed by atoms with Crippen molar-refractivity contribution in [3.05, 3.63) is 60.7 Å². The molecular weight excluding hydrogens is 644 g/mol. The Labute approximate surface area is 239 Å². The van der Waals surface area contributed by atoms with Crippen LogP contribution >= 0.6 is 0 Å². The van der Waals surface area contributed by atoms with Crippen LogP contribution in [-0.2, 0) is 39.7 Å². The lowest BCUT2D eigenvalue weighted by Gasteiger charge is -2.40. The molecular formula is C24H22F12O8. The number of aliphatic hydroxyl groups excluding tert-OH is 2. The summed E-state index contributed by atoms with van der Waals surface area (Å²) < 4.78 is 186. The summed E-state index contributed by atoms with van der Waals surface area (Å²) in [6, 6.07) is -1.07. The standard InChI is InChI=1S/C24H22F12O8/c1-3-17(39)41-9-15(37)11-43-19(21(25,26)27,22(28,29)30)13-6-5-7-14(8-13)20(23(31,32)33,24(34,35)36)44-12-16(38)10-42-18(40)4-2/h3-8,15-16,37-38H,1-2,9-12H2. The maximum Gasteiger partial charge on any atom is 0.430 e. The van der Waals surface area contributed by atoms with E-state index >= 15 is 0 Å². The van der Waals surface area contributed by atoms with Gasteiger partial charge in [0.1, 0.15) is 25.4 Å². The number of alkyl halides is 12. The Morgan fingerprint density at radius 3 is 1.18 bits per heavy atom. The van der Waals surface area contributed by atoms with Crippen molar-refractivity contribution in [2.75, 3.05) is 26.4 Å². The second-order valence-corrected chi connectivity index (χ2v) is 8.53. The number of halogens is 12. The zero-order valence-electron chi connectivity index (χ0n) is 21.7. The van der Waals surface area contributed by atoms with Gasteiger partial charge in [-0.2, -0.15) is 52.7 Å². The Balaban J connectivity index is 3.81. The number of rotatable bonds is 14. The van der Waals surface area contributed by atoms with Crippen molar-refractivity contribution in [2.45, 2.75) is 48.1 Å². The topological polar surface area (TPSA) is 112 Å². The van der Waals surface area contributed by atoms with E-state index < -0.39 is 104 Å². The molecule has 8 nitrogen and oxygen atoms in total. The van der Waals surface area contributed by atoms with E-state index in [9.17, 15) is 72.5 Å². The number of carbonyl (C=O) groups excluding carboxylic acids is 2. The van der Waals surface area contributed by atoms with E-state index in [1.54, 1.807) is 0 Å². The molecule has 2 N–H and O–H groups in total. The summed E-state index contributed by atoms with van der Waals surface area (Å²) in [4.78, 5) is 22.1. The highest BCUT2D eigenvalue weighted by Crippen LogP contribution is 2.56. The van der Waals surface area contributed by atoms with Crippen LogP contribution in [0.4, 0.5) is 52.7 Å². The third-order valence-corrected chi connectivity index (χ3v) is 5.43. The minimum Gasteiger partial charge on any atom is -0.460 e. The zero-order valence-corrected chi connectivity index (χ0v) is 21.7. The molecule has 2 unspecified atom stereocenters. The van der Waals surface area contributed by atoms with Gasteiger partial charge in [0.15, 0.2) is 0 Å². The molecule has 250 valence electrons. The molecule has 0 aliphatic rings. The second kappa shape index (κ2) is 14.2. The molecule has 0 amide bonds. The van der Waals surface area contributed by atoms with Crippen molar-refractivity contribution in [2.24, 2.45) is 0 Å². The number of ether oxygens (including phenoxy) is 4. The van der Waals surface area contributed by atoms with Gasteiger partial charge < -0.3 is 29.2 Å². The maximum absolute atomic E-state index is 14.1. The molecule has 0 aromatic heterocycles. The fraction of sp³-hybridized carbons (Fsp3) is 0.500. The molecule has 0 saturated heterocycles. The Morgan fingerprint density at radius 1 is 0.636 bits per heavy atom. The number of aliphatic hydroxyl groups is 2. The lowest BCUT2D eigenvalue weighted by Crippen LogP contribution is -2.58. The summed E-state index contributed by atoms with van der Waals surface area (Å²) in [5, 5.41) is 19.4. The van der Waals surface area contributed by atoms with Gasteiger partial charge >= 0.3 is 36.6 Å². The molecule has 0 saturated carbocycles. The minimum absolute atomic E-state index is 0.0135. The molecule has 0 fully saturated rings. The molecule has 0 aliphatic carbocycles. The van der Waals surface area contributed by atoms with Crippen molar-refractivity contribution in [1.82, 2.24) is 0 Å². The van der Waals surface area contributed by atoms with E-state index in [4.69, 9.17) is 0 Å². The van der Waals surface area contributed by atoms with Crippen LogP contribution in [0.25, 0.3) is 0 Å². The SMILES string of the molecule is C=CC(=O)OCC(O)COC(c1cccc(C(OCC(O)COC(=O)C=C)(C(F)(F)F)C(F)(F)F)c1)(C(F)(F)F)C(F)(F)F. The zero-order chi connectivity index (χ0) is 34.4. The number of benzene rings is 1. The first-order valence-electron chi connectivity index (χ1n) is 11.5. The summed E-state index contributed by atoms with van der Waals surface area (Å²) in [6.45, 7) is -0.529. The lowest BCUT2D eigenvalue weighted by molar-refractivity contribution is -0.394. The van der Waals surface area contributed by atoms with E-state index in [0.29, 0.717) is 12.2 Å². The molecule has 0 bridgehead atoms. The Morgan fingerprint density at radius 2 is 0.932 bits per heavy atom. The number of hydrogen-bond acceptors (Lipinski definition) is 8. The number of hydrogen-bond donors (Lipinski definition) is 2. The normalized spacial score (nSPS) is 14.9. The van der Waals surface area contributed by atoms with Gasteiger partial charge in [-0.3, -0.25) is 0 Å². The van der Waals surface area contributed by atoms with Crippen LogP contribution in [0.15, 0.2) is 49.6 Å². The van der Waals surface area contributed by atoms with Gasteiger partial charge in [-0.25, -0.2) is 9.59 Å². The van der Waals surface area contributed by atoms with Crippen LogP contribution in [0.2, 0.25) is 0 Å². The van der Waals surface area contributed by atoms with Crippen molar-refractivity contribution < 1.29 is 91.4 Å². The molecule has 1 aromatic rings. The highest BCUT2D eigenvalue weighted by atomic mass is 19.4. The molecule has 44 heavy (non-hydrogen) atoms. The van der Waals surface area contributed by atoms with Crippen molar-refractivity contribution in [3.8, 4) is 0 Å². The van der Waals surface area contributed by atoms with Gasteiger partial charge in [0.25, 0.3) is 11.2 Å². The first-order valence-corrected chi connectivity index (χ1v) is 11.5. The highest BCUT2D eigenvalue weighted by Gasteiger charge is 2.76. The van der Waals surface area contributed by atoms with Gasteiger partial charge in [0, 0.05) is 23.3 Å². The first-order chi connectivity index (χ1) is 19.9. The van der Waals surface area contributed by atoms with Gasteiger partial charge in [-0.15, -0.1) is 0 Å². The molecule has 0 aliphatic heterocycles. The summed E-state index contributed by atoms with van der Waals surface area (Å²) in [5.74, 6) is -2.54. The summed E-state index contributed by atoms with van der Waals surface area (Å²) in [5.41, 5.74) is -16.0. The lowest BCUT2D eigenvalue weighted by atomic mass is 9.85. The molecule has 0 spiro atoms. The largest absolute Gasteiger partial charge is 0.460 e. The molecule has 1 aromatic carbocycles. The van der Waals surface area contributed by atoms with Gasteiger partial charge in [-0.1, -0.05) is 31.4 Å². The van der Waals surface area contributed by atoms with Gasteiger partial charge in [-0.05, 0) is 6.07 Å². The van der Waals surface area contributed by atoms with Crippen LogP contribution in [0, 0.1) is 0 Å². The van der Waals surface area contributed by atoms with Crippen LogP contribution in [0.5, 0.6) is 0 Å². The van der Waals surface area contributed by atoms with E-state index in [2.05, 4.69) is 32.1 Å². The van der Waals surface area contributed by atoms with Crippen molar-refractivity contribution in [3.63, 3.8) is 0 Å². The van der Waals surface area contributed by atoms with Crippen LogP contribution in [0.3, 0.4) is 0 Å². The molecule has 2 atom stereocenters. The van der Waals surface area contributed by atoms with Crippen LogP contribution < -0.4 is 0 Å². The predicted molar refractivity (Wildman–Crippen MR) is 120 cm³/mol. The average molecular weight is 666 g/mol. The quantitative estimate of drug-likeness (QED) is 0.169. The van der Waals surface area contributed by atoms with Gasteiger partial charge in [0.05, 0.1) is 13.2 Å². The molecule has 20 heteroatoms. The fourth-order valence-corrected chi connectivity index (χ4v) is 3.44. The smallest absolute Gasteiger partial charge is 0.430 e. The number of carbonyl (C=O) groups is 2. The molecule has 0 heterocycles. The third-order valence-electron chi connectivity index (χ3n) is 5.43. The Kier molecular flexibility index (Phi) is 12.4. The monoisotopic (exact) mass is 666 g/mol. The first kappa shape index (κ1) is 38.7. The predicted octanol–water partition coefficient (Wildman–Crippen LogP) is 4.54. The summed E-state index contributed by atoms with van der Waals surface area (Å²) in [7, 11) is 0. The fourth-order valence-electron chi connectivity index (χ4n) is 3.44. The van der Waals surface area contributed by atoms with E-state index in [1.807, 2.05) is 0 Å². The average Bonchev–Trinajstić information content (AvgIpc) is 2.87. The Bertz CT molecular complexity index is 1040. The van der Waals surface area contributed by atoms with Crippen molar-refractivity contribution in [1.29, 1.82) is 0 Å². The molecule has 1 rings (SSSR count). The summed E-state index contributed by atoms with van der Waals surface area (Å²) >= 11 is 0. The van der Waals surface area contributed by atoms with E-state index in [1.165, 1.54) is 0 Å². The van der Waals surface area contributed by atoms with Crippen molar-refractivity contribution >= 4 is 11.9 Å². The van der Waals surface area contributed by atoms with Crippen LogP contribution in [-0.4, -0.2) is 85.5 Å². The molecule has 0 radical (unpaired) electrons.